The predicted octanol–water partition coefficient (Wildman–Crippen LogP) is 2.94. The number of para-hydroxylation sites is 1. The molecule has 2 aromatic carbocycles. The van der Waals surface area contributed by atoms with Crippen LogP contribution in [-0.4, -0.2) is 19.8 Å². The zero-order valence-electron chi connectivity index (χ0n) is 10.1. The molecule has 0 aliphatic rings. The molecule has 0 bridgehead atoms. The summed E-state index contributed by atoms with van der Waals surface area (Å²) in [5.41, 5.74) is 3.84. The largest absolute Gasteiger partial charge is 0.226 e. The summed E-state index contributed by atoms with van der Waals surface area (Å²) in [5, 5.41) is 9.10. The van der Waals surface area contributed by atoms with Crippen LogP contribution >= 0.6 is 0 Å². The first-order valence-electron chi connectivity index (χ1n) is 6.08. The maximum atomic E-state index is 4.67. The molecular formula is C15H10N4. The number of nitrogens with zero attached hydrogens (tertiary/aromatic N) is 4. The predicted molar refractivity (Wildman–Crippen MR) is 73.7 cm³/mol. The summed E-state index contributed by atoms with van der Waals surface area (Å²) in [6, 6.07) is 18.3. The minimum atomic E-state index is 0.762. The Morgan fingerprint density at radius 1 is 0.842 bits per heavy atom. The summed E-state index contributed by atoms with van der Waals surface area (Å²) in [5.74, 6) is 0. The quantitative estimate of drug-likeness (QED) is 0.518. The first kappa shape index (κ1) is 10.2. The fourth-order valence-electron chi connectivity index (χ4n) is 2.33. The molecule has 4 aromatic rings. The Morgan fingerprint density at radius 2 is 1.63 bits per heavy atom. The molecule has 4 nitrogen and oxygen atoms in total. The van der Waals surface area contributed by atoms with Gasteiger partial charge in [-0.1, -0.05) is 53.7 Å². The van der Waals surface area contributed by atoms with Crippen molar-refractivity contribution in [2.24, 2.45) is 0 Å². The highest BCUT2D eigenvalue weighted by atomic mass is 15.4. The second-order valence-electron chi connectivity index (χ2n) is 4.35. The third-order valence-corrected chi connectivity index (χ3v) is 3.19. The molecule has 0 radical (unpaired) electrons. The van der Waals surface area contributed by atoms with Crippen molar-refractivity contribution < 1.29 is 0 Å². The van der Waals surface area contributed by atoms with Crippen LogP contribution in [0, 0.1) is 0 Å². The summed E-state index contributed by atoms with van der Waals surface area (Å²) < 4.78 is 1.77. The molecular weight excluding hydrogens is 236 g/mol. The highest BCUT2D eigenvalue weighted by molar-refractivity contribution is 5.93. The van der Waals surface area contributed by atoms with Crippen LogP contribution in [0.2, 0.25) is 0 Å². The second-order valence-corrected chi connectivity index (χ2v) is 4.35. The fourth-order valence-corrected chi connectivity index (χ4v) is 2.33. The van der Waals surface area contributed by atoms with E-state index in [2.05, 4.69) is 33.5 Å². The van der Waals surface area contributed by atoms with E-state index < -0.39 is 0 Å². The maximum Gasteiger partial charge on any atom is 0.176 e. The Labute approximate surface area is 109 Å². The lowest BCUT2D eigenvalue weighted by atomic mass is 10.1. The van der Waals surface area contributed by atoms with Gasteiger partial charge in [-0.25, -0.2) is 4.98 Å². The van der Waals surface area contributed by atoms with E-state index in [4.69, 9.17) is 0 Å². The van der Waals surface area contributed by atoms with E-state index in [0.717, 1.165) is 27.8 Å². The van der Waals surface area contributed by atoms with Gasteiger partial charge in [-0.15, -0.1) is 5.10 Å². The lowest BCUT2D eigenvalue weighted by Crippen LogP contribution is -1.96. The zero-order valence-corrected chi connectivity index (χ0v) is 10.1. The molecule has 0 spiro atoms. The van der Waals surface area contributed by atoms with Gasteiger partial charge in [0.25, 0.3) is 0 Å². The third-order valence-electron chi connectivity index (χ3n) is 3.19. The topological polar surface area (TPSA) is 43.1 Å². The van der Waals surface area contributed by atoms with Crippen LogP contribution in [0.5, 0.6) is 0 Å². The molecule has 90 valence electrons. The molecule has 4 rings (SSSR count). The van der Waals surface area contributed by atoms with Crippen molar-refractivity contribution in [3.8, 4) is 11.3 Å². The third kappa shape index (κ3) is 1.50. The van der Waals surface area contributed by atoms with Gasteiger partial charge in [0.05, 0.1) is 17.4 Å². The first-order chi connectivity index (χ1) is 9.43. The van der Waals surface area contributed by atoms with Crippen molar-refractivity contribution in [1.29, 1.82) is 0 Å². The average Bonchev–Trinajstić information content (AvgIpc) is 2.96. The molecule has 4 heteroatoms. The van der Waals surface area contributed by atoms with Gasteiger partial charge in [-0.3, -0.25) is 0 Å². The van der Waals surface area contributed by atoms with Gasteiger partial charge in [0.15, 0.2) is 5.65 Å². The molecule has 0 atom stereocenters. The molecule has 0 amide bonds. The average molecular weight is 246 g/mol. The van der Waals surface area contributed by atoms with Gasteiger partial charge in [-0.05, 0) is 6.07 Å². The van der Waals surface area contributed by atoms with E-state index in [-0.39, 0.29) is 0 Å². The van der Waals surface area contributed by atoms with Crippen molar-refractivity contribution >= 4 is 16.6 Å². The monoisotopic (exact) mass is 246 g/mol. The van der Waals surface area contributed by atoms with Gasteiger partial charge in [-0.2, -0.15) is 4.52 Å². The molecule has 2 aromatic heterocycles. The Kier molecular flexibility index (Phi) is 2.08. The van der Waals surface area contributed by atoms with Crippen molar-refractivity contribution in [3.63, 3.8) is 0 Å². The number of hydrogen-bond acceptors (Lipinski definition) is 3. The lowest BCUT2D eigenvalue weighted by molar-refractivity contribution is 0.876. The van der Waals surface area contributed by atoms with Crippen LogP contribution in [0.25, 0.3) is 27.8 Å². The Morgan fingerprint density at radius 3 is 2.53 bits per heavy atom. The van der Waals surface area contributed by atoms with E-state index in [9.17, 15) is 0 Å². The molecule has 0 fully saturated rings. The van der Waals surface area contributed by atoms with Crippen LogP contribution < -0.4 is 0 Å². The Balaban J connectivity index is 2.19. The van der Waals surface area contributed by atoms with Crippen LogP contribution in [0.15, 0.2) is 60.8 Å². The lowest BCUT2D eigenvalue weighted by Gasteiger charge is -2.07. The normalized spacial score (nSPS) is 11.2. The molecule has 0 unspecified atom stereocenters. The van der Waals surface area contributed by atoms with Gasteiger partial charge < -0.3 is 0 Å². The highest BCUT2D eigenvalue weighted by Gasteiger charge is 2.10. The molecule has 0 aliphatic carbocycles. The van der Waals surface area contributed by atoms with Crippen LogP contribution in [0.4, 0.5) is 0 Å². The van der Waals surface area contributed by atoms with Crippen molar-refractivity contribution in [2.45, 2.75) is 0 Å². The van der Waals surface area contributed by atoms with Crippen molar-refractivity contribution in [2.75, 3.05) is 0 Å². The van der Waals surface area contributed by atoms with E-state index in [1.54, 1.807) is 10.7 Å². The summed E-state index contributed by atoms with van der Waals surface area (Å²) >= 11 is 0. The molecule has 0 saturated carbocycles. The van der Waals surface area contributed by atoms with E-state index in [1.165, 1.54) is 0 Å². The zero-order chi connectivity index (χ0) is 12.7. The number of benzene rings is 2. The van der Waals surface area contributed by atoms with E-state index in [0.29, 0.717) is 0 Å². The van der Waals surface area contributed by atoms with Crippen molar-refractivity contribution in [3.05, 3.63) is 60.8 Å². The number of hydrogen-bond donors (Lipinski definition) is 0. The number of aromatic nitrogens is 4. The summed E-state index contributed by atoms with van der Waals surface area (Å²) in [7, 11) is 0. The van der Waals surface area contributed by atoms with Gasteiger partial charge >= 0.3 is 0 Å². The number of fused-ring (bicyclic) bond motifs is 3. The smallest absolute Gasteiger partial charge is 0.176 e. The summed E-state index contributed by atoms with van der Waals surface area (Å²) in [6.45, 7) is 0. The molecule has 2 heterocycles. The first-order valence-corrected chi connectivity index (χ1v) is 6.08. The standard InChI is InChI=1S/C15H10N4/c1-2-6-11(7-3-1)15-12-8-4-5-9-13(12)19-14(17-15)10-16-18-19/h1-10H. The van der Waals surface area contributed by atoms with Crippen LogP contribution in [0.1, 0.15) is 0 Å². The van der Waals surface area contributed by atoms with E-state index >= 15 is 0 Å². The fraction of sp³-hybridized carbons (Fsp3) is 0. The van der Waals surface area contributed by atoms with Crippen molar-refractivity contribution in [1.82, 2.24) is 19.8 Å². The Bertz CT molecular complexity index is 865. The molecule has 0 saturated heterocycles. The van der Waals surface area contributed by atoms with Gasteiger partial charge in [0, 0.05) is 10.9 Å². The van der Waals surface area contributed by atoms with E-state index in [1.807, 2.05) is 36.4 Å². The number of rotatable bonds is 1. The Hall–Kier alpha value is -2.75. The van der Waals surface area contributed by atoms with Crippen LogP contribution in [-0.2, 0) is 0 Å². The minimum Gasteiger partial charge on any atom is -0.226 e. The highest BCUT2D eigenvalue weighted by Crippen LogP contribution is 2.26. The molecule has 0 N–H and O–H groups in total. The van der Waals surface area contributed by atoms with Crippen LogP contribution in [0.3, 0.4) is 0 Å². The maximum absolute atomic E-state index is 4.67. The summed E-state index contributed by atoms with van der Waals surface area (Å²) in [6.07, 6.45) is 1.68. The molecule has 0 aliphatic heterocycles. The SMILES string of the molecule is c1ccc(-c2nc3cnnn3c3ccccc23)cc1. The van der Waals surface area contributed by atoms with Gasteiger partial charge in [0.1, 0.15) is 0 Å². The minimum absolute atomic E-state index is 0.762. The summed E-state index contributed by atoms with van der Waals surface area (Å²) in [4.78, 5) is 4.67. The molecule has 19 heavy (non-hydrogen) atoms. The van der Waals surface area contributed by atoms with Gasteiger partial charge in [0.2, 0.25) is 0 Å². The second kappa shape index (κ2) is 3.88.